The van der Waals surface area contributed by atoms with Gasteiger partial charge < -0.3 is 4.74 Å². The highest BCUT2D eigenvalue weighted by Gasteiger charge is 2.42. The Bertz CT molecular complexity index is 660. The van der Waals surface area contributed by atoms with E-state index in [0.29, 0.717) is 24.9 Å². The fourth-order valence-electron chi connectivity index (χ4n) is 2.59. The number of hydrogen-bond acceptors (Lipinski definition) is 7. The standard InChI is InChI=1S/C13H14N4O5/c18-16(19)9-1-2-12(13(6-9)17(20)21)15-14-11-3-4-22-7-8-5-10(8)11/h1-2,6,8,10,15H,3-5,7H2/b14-11+/t8-,10-/m1/s1. The molecular weight excluding hydrogens is 292 g/mol. The quantitative estimate of drug-likeness (QED) is 0.673. The number of fused-ring (bicyclic) bond motifs is 1. The number of nitrogens with zero attached hydrogens (tertiary/aromatic N) is 3. The van der Waals surface area contributed by atoms with Gasteiger partial charge in [0.05, 0.1) is 29.1 Å². The third-order valence-electron chi connectivity index (χ3n) is 3.89. The summed E-state index contributed by atoms with van der Waals surface area (Å²) in [6.07, 6.45) is 1.72. The predicted octanol–water partition coefficient (Wildman–Crippen LogP) is 2.33. The molecule has 1 aliphatic carbocycles. The molecule has 1 N–H and O–H groups in total. The van der Waals surface area contributed by atoms with Gasteiger partial charge in [-0.25, -0.2) is 0 Å². The largest absolute Gasteiger partial charge is 0.381 e. The van der Waals surface area contributed by atoms with Gasteiger partial charge in [-0.3, -0.25) is 25.7 Å². The molecule has 0 amide bonds. The zero-order chi connectivity index (χ0) is 15.7. The first-order valence-electron chi connectivity index (χ1n) is 6.89. The molecule has 9 heteroatoms. The summed E-state index contributed by atoms with van der Waals surface area (Å²) in [5, 5.41) is 26.0. The van der Waals surface area contributed by atoms with Crippen LogP contribution in [-0.2, 0) is 4.74 Å². The van der Waals surface area contributed by atoms with Crippen molar-refractivity contribution in [3.8, 4) is 0 Å². The fourth-order valence-corrected chi connectivity index (χ4v) is 2.59. The van der Waals surface area contributed by atoms with E-state index in [0.717, 1.165) is 24.8 Å². The SMILES string of the molecule is O=[N+]([O-])c1ccc(N/N=C2\CCOC[C@H]3C[C@@H]23)c([N+](=O)[O-])c1. The number of benzene rings is 1. The number of anilines is 1. The average molecular weight is 306 g/mol. The summed E-state index contributed by atoms with van der Waals surface area (Å²) in [4.78, 5) is 20.4. The normalized spacial score (nSPS) is 25.2. The zero-order valence-corrected chi connectivity index (χ0v) is 11.6. The Morgan fingerprint density at radius 3 is 2.82 bits per heavy atom. The smallest absolute Gasteiger partial charge is 0.301 e. The Kier molecular flexibility index (Phi) is 3.72. The molecule has 1 saturated heterocycles. The van der Waals surface area contributed by atoms with Crippen LogP contribution in [0.5, 0.6) is 0 Å². The van der Waals surface area contributed by atoms with E-state index in [1.165, 1.54) is 12.1 Å². The Hall–Kier alpha value is -2.55. The highest BCUT2D eigenvalue weighted by molar-refractivity contribution is 5.90. The van der Waals surface area contributed by atoms with Crippen molar-refractivity contribution in [3.63, 3.8) is 0 Å². The Balaban J connectivity index is 1.82. The molecule has 116 valence electrons. The number of nitro groups is 2. The first kappa shape index (κ1) is 14.4. The van der Waals surface area contributed by atoms with Crippen LogP contribution in [0.15, 0.2) is 23.3 Å². The van der Waals surface area contributed by atoms with Crippen molar-refractivity contribution in [1.82, 2.24) is 0 Å². The van der Waals surface area contributed by atoms with E-state index in [1.807, 2.05) is 0 Å². The van der Waals surface area contributed by atoms with E-state index in [4.69, 9.17) is 4.74 Å². The van der Waals surface area contributed by atoms with Crippen LogP contribution in [0.4, 0.5) is 17.1 Å². The van der Waals surface area contributed by atoms with Gasteiger partial charge in [-0.15, -0.1) is 0 Å². The lowest BCUT2D eigenvalue weighted by Crippen LogP contribution is -2.07. The summed E-state index contributed by atoms with van der Waals surface area (Å²) < 4.78 is 5.44. The van der Waals surface area contributed by atoms with Crippen molar-refractivity contribution < 1.29 is 14.6 Å². The molecule has 2 aliphatic rings. The highest BCUT2D eigenvalue weighted by Crippen LogP contribution is 2.42. The molecule has 2 atom stereocenters. The van der Waals surface area contributed by atoms with Gasteiger partial charge >= 0.3 is 5.69 Å². The van der Waals surface area contributed by atoms with Gasteiger partial charge in [0.25, 0.3) is 5.69 Å². The molecule has 2 fully saturated rings. The number of hydrazone groups is 1. The highest BCUT2D eigenvalue weighted by atomic mass is 16.6. The van der Waals surface area contributed by atoms with Crippen molar-refractivity contribution in [3.05, 3.63) is 38.4 Å². The summed E-state index contributed by atoms with van der Waals surface area (Å²) in [7, 11) is 0. The fraction of sp³-hybridized carbons (Fsp3) is 0.462. The molecule has 0 spiro atoms. The minimum Gasteiger partial charge on any atom is -0.381 e. The summed E-state index contributed by atoms with van der Waals surface area (Å²) in [5.41, 5.74) is 3.08. The first-order chi connectivity index (χ1) is 10.6. The zero-order valence-electron chi connectivity index (χ0n) is 11.6. The van der Waals surface area contributed by atoms with E-state index in [-0.39, 0.29) is 17.1 Å². The number of nitro benzene ring substituents is 2. The minimum absolute atomic E-state index is 0.144. The van der Waals surface area contributed by atoms with Crippen LogP contribution in [0.25, 0.3) is 0 Å². The van der Waals surface area contributed by atoms with Gasteiger partial charge in [0, 0.05) is 24.1 Å². The number of ether oxygens (including phenoxy) is 1. The maximum absolute atomic E-state index is 11.0. The molecule has 0 radical (unpaired) electrons. The Morgan fingerprint density at radius 2 is 2.09 bits per heavy atom. The van der Waals surface area contributed by atoms with Crippen molar-refractivity contribution >= 4 is 22.8 Å². The van der Waals surface area contributed by atoms with E-state index in [9.17, 15) is 20.2 Å². The van der Waals surface area contributed by atoms with Crippen LogP contribution in [-0.4, -0.2) is 28.8 Å². The van der Waals surface area contributed by atoms with Crippen LogP contribution in [0.2, 0.25) is 0 Å². The van der Waals surface area contributed by atoms with Crippen LogP contribution in [0.1, 0.15) is 12.8 Å². The lowest BCUT2D eigenvalue weighted by Gasteiger charge is -2.05. The van der Waals surface area contributed by atoms with Gasteiger partial charge in [-0.05, 0) is 18.4 Å². The van der Waals surface area contributed by atoms with Crippen LogP contribution in [0, 0.1) is 32.1 Å². The van der Waals surface area contributed by atoms with E-state index < -0.39 is 9.85 Å². The lowest BCUT2D eigenvalue weighted by molar-refractivity contribution is -0.393. The summed E-state index contributed by atoms with van der Waals surface area (Å²) in [6, 6.07) is 3.45. The second kappa shape index (κ2) is 5.68. The molecule has 1 heterocycles. The maximum atomic E-state index is 11.0. The number of rotatable bonds is 4. The Morgan fingerprint density at radius 1 is 1.27 bits per heavy atom. The van der Waals surface area contributed by atoms with Crippen molar-refractivity contribution in [2.24, 2.45) is 16.9 Å². The van der Waals surface area contributed by atoms with Gasteiger partial charge in [0.15, 0.2) is 0 Å². The van der Waals surface area contributed by atoms with Gasteiger partial charge in [0.2, 0.25) is 0 Å². The molecule has 1 aromatic carbocycles. The Labute approximate surface area is 125 Å². The third kappa shape index (κ3) is 2.89. The summed E-state index contributed by atoms with van der Waals surface area (Å²) >= 11 is 0. The first-order valence-corrected chi connectivity index (χ1v) is 6.89. The maximum Gasteiger partial charge on any atom is 0.301 e. The third-order valence-corrected chi connectivity index (χ3v) is 3.89. The molecule has 0 aromatic heterocycles. The predicted molar refractivity (Wildman–Crippen MR) is 77.8 cm³/mol. The molecule has 1 aliphatic heterocycles. The summed E-state index contributed by atoms with van der Waals surface area (Å²) in [5.74, 6) is 0.877. The monoisotopic (exact) mass is 306 g/mol. The van der Waals surface area contributed by atoms with Crippen molar-refractivity contribution in [2.75, 3.05) is 18.6 Å². The van der Waals surface area contributed by atoms with Gasteiger partial charge in [0.1, 0.15) is 5.69 Å². The van der Waals surface area contributed by atoms with Crippen LogP contribution >= 0.6 is 0 Å². The number of non-ortho nitro benzene ring substituents is 1. The van der Waals surface area contributed by atoms with E-state index in [1.54, 1.807) is 0 Å². The lowest BCUT2D eigenvalue weighted by atomic mass is 10.2. The van der Waals surface area contributed by atoms with E-state index >= 15 is 0 Å². The minimum atomic E-state index is -0.667. The second-order valence-corrected chi connectivity index (χ2v) is 5.36. The van der Waals surface area contributed by atoms with Gasteiger partial charge in [-0.2, -0.15) is 5.10 Å². The average Bonchev–Trinajstić information content (AvgIpc) is 3.25. The molecule has 22 heavy (non-hydrogen) atoms. The molecule has 0 unspecified atom stereocenters. The molecule has 9 nitrogen and oxygen atoms in total. The number of nitrogens with one attached hydrogen (secondary N) is 1. The van der Waals surface area contributed by atoms with Crippen LogP contribution in [0.3, 0.4) is 0 Å². The van der Waals surface area contributed by atoms with Crippen molar-refractivity contribution in [1.29, 1.82) is 0 Å². The molecule has 0 bridgehead atoms. The second-order valence-electron chi connectivity index (χ2n) is 5.36. The molecule has 3 rings (SSSR count). The van der Waals surface area contributed by atoms with Crippen molar-refractivity contribution in [2.45, 2.75) is 12.8 Å². The molecule has 1 saturated carbocycles. The molecule has 1 aromatic rings. The topological polar surface area (TPSA) is 120 Å². The number of hydrogen-bond donors (Lipinski definition) is 1. The van der Waals surface area contributed by atoms with Crippen LogP contribution < -0.4 is 5.43 Å². The summed E-state index contributed by atoms with van der Waals surface area (Å²) in [6.45, 7) is 1.33. The van der Waals surface area contributed by atoms with Gasteiger partial charge in [-0.1, -0.05) is 0 Å². The molecular formula is C13H14N4O5. The van der Waals surface area contributed by atoms with E-state index in [2.05, 4.69) is 10.5 Å².